The van der Waals surface area contributed by atoms with Crippen LogP contribution >= 0.6 is 0 Å². The summed E-state index contributed by atoms with van der Waals surface area (Å²) in [7, 11) is -0.284. The minimum Gasteiger partial charge on any atom is -0.403 e. The van der Waals surface area contributed by atoms with Gasteiger partial charge in [-0.25, -0.2) is 0 Å². The smallest absolute Gasteiger partial charge is 0.403 e. The predicted molar refractivity (Wildman–Crippen MR) is 125 cm³/mol. The van der Waals surface area contributed by atoms with E-state index in [4.69, 9.17) is 14.0 Å². The highest BCUT2D eigenvalue weighted by Crippen LogP contribution is 2.59. The summed E-state index contributed by atoms with van der Waals surface area (Å²) < 4.78 is 20.4. The van der Waals surface area contributed by atoms with Crippen LogP contribution in [0.25, 0.3) is 0 Å². The zero-order valence-corrected chi connectivity index (χ0v) is 19.6. The van der Waals surface area contributed by atoms with Gasteiger partial charge >= 0.3 is 7.12 Å². The van der Waals surface area contributed by atoms with Crippen molar-refractivity contribution in [2.45, 2.75) is 89.0 Å². The molecule has 2 heterocycles. The second-order valence-corrected chi connectivity index (χ2v) is 10.6. The minimum atomic E-state index is -0.356. The molecule has 2 saturated heterocycles. The van der Waals surface area contributed by atoms with E-state index in [-0.39, 0.29) is 35.8 Å². The summed E-state index contributed by atoms with van der Waals surface area (Å²) in [4.78, 5) is 0. The van der Waals surface area contributed by atoms with Gasteiger partial charge in [0.1, 0.15) is 0 Å². The summed E-state index contributed by atoms with van der Waals surface area (Å²) in [6.07, 6.45) is 4.30. The quantitative estimate of drug-likeness (QED) is 0.568. The van der Waals surface area contributed by atoms with Crippen molar-refractivity contribution >= 4 is 7.12 Å². The number of aryl methyl sites for hydroxylation is 1. The Bertz CT molecular complexity index is 925. The van der Waals surface area contributed by atoms with Gasteiger partial charge in [-0.2, -0.15) is 0 Å². The number of hydrogen-bond donors (Lipinski definition) is 0. The van der Waals surface area contributed by atoms with Gasteiger partial charge in [0.2, 0.25) is 0 Å². The number of fused-ring (bicyclic) bond motifs is 3. The Morgan fingerprint density at radius 1 is 0.903 bits per heavy atom. The second kappa shape index (κ2) is 7.47. The Balaban J connectivity index is 1.69. The van der Waals surface area contributed by atoms with Gasteiger partial charge in [0.25, 0.3) is 0 Å². The van der Waals surface area contributed by atoms with Crippen molar-refractivity contribution in [2.24, 2.45) is 5.92 Å². The molecule has 4 atom stereocenters. The third-order valence-electron chi connectivity index (χ3n) is 8.43. The lowest BCUT2D eigenvalue weighted by molar-refractivity contribution is -0.118. The molecule has 31 heavy (non-hydrogen) atoms. The normalized spacial score (nSPS) is 33.6. The minimum absolute atomic E-state index is 0.0484. The standard InChI is InChI=1S/C27H35BO3/c1-6-21-18-27(28-30-25(2,3)26(4,5)31-28)22-15-11-10-12-19(22)16-17-23(27)24(29-21)20-13-8-7-9-14-20/h7-15,21,23-24H,6,16-18H2,1-5H3/t21-,23+,24+,27+/m1/s1. The summed E-state index contributed by atoms with van der Waals surface area (Å²) in [5, 5.41) is -0.223. The van der Waals surface area contributed by atoms with Gasteiger partial charge in [0, 0.05) is 5.31 Å². The maximum Gasteiger partial charge on any atom is 0.469 e. The van der Waals surface area contributed by atoms with Crippen LogP contribution in [0.4, 0.5) is 0 Å². The van der Waals surface area contributed by atoms with Crippen LogP contribution in [0.3, 0.4) is 0 Å². The molecule has 0 saturated carbocycles. The zero-order chi connectivity index (χ0) is 21.9. The summed E-state index contributed by atoms with van der Waals surface area (Å²) in [5.74, 6) is 0.308. The first-order chi connectivity index (χ1) is 14.8. The van der Waals surface area contributed by atoms with E-state index >= 15 is 0 Å². The highest BCUT2D eigenvalue weighted by molar-refractivity contribution is 6.50. The molecule has 0 radical (unpaired) electrons. The van der Waals surface area contributed by atoms with E-state index in [0.29, 0.717) is 5.92 Å². The van der Waals surface area contributed by atoms with Crippen molar-refractivity contribution in [1.82, 2.24) is 0 Å². The van der Waals surface area contributed by atoms with E-state index in [1.54, 1.807) is 0 Å². The summed E-state index contributed by atoms with van der Waals surface area (Å²) in [5.41, 5.74) is 3.41. The van der Waals surface area contributed by atoms with Crippen LogP contribution in [0.1, 0.15) is 76.7 Å². The molecule has 2 fully saturated rings. The van der Waals surface area contributed by atoms with Crippen LogP contribution < -0.4 is 0 Å². The van der Waals surface area contributed by atoms with Gasteiger partial charge in [-0.15, -0.1) is 0 Å². The van der Waals surface area contributed by atoms with Gasteiger partial charge in [0.15, 0.2) is 0 Å². The Morgan fingerprint density at radius 3 is 2.23 bits per heavy atom. The first-order valence-electron chi connectivity index (χ1n) is 11.9. The summed E-state index contributed by atoms with van der Waals surface area (Å²) >= 11 is 0. The van der Waals surface area contributed by atoms with E-state index in [1.807, 2.05) is 0 Å². The van der Waals surface area contributed by atoms with E-state index in [2.05, 4.69) is 89.2 Å². The number of rotatable bonds is 3. The van der Waals surface area contributed by atoms with E-state index in [1.165, 1.54) is 16.7 Å². The Morgan fingerprint density at radius 2 is 1.55 bits per heavy atom. The monoisotopic (exact) mass is 418 g/mol. The fraction of sp³-hybridized carbons (Fsp3) is 0.556. The SMILES string of the molecule is CC[C@@H]1C[C@]2(B3OC(C)(C)C(C)(C)O3)c3ccccc3CC[C@H]2[C@H](c2ccccc2)O1. The average molecular weight is 418 g/mol. The number of hydrogen-bond acceptors (Lipinski definition) is 3. The molecular weight excluding hydrogens is 383 g/mol. The molecular formula is C27H35BO3. The lowest BCUT2D eigenvalue weighted by Crippen LogP contribution is -2.59. The first-order valence-corrected chi connectivity index (χ1v) is 11.9. The second-order valence-electron chi connectivity index (χ2n) is 10.6. The van der Waals surface area contributed by atoms with Crippen LogP contribution in [-0.4, -0.2) is 24.4 Å². The lowest BCUT2D eigenvalue weighted by atomic mass is 9.41. The van der Waals surface area contributed by atoms with Crippen molar-refractivity contribution in [3.8, 4) is 0 Å². The maximum atomic E-state index is 6.82. The Kier molecular flexibility index (Phi) is 5.12. The van der Waals surface area contributed by atoms with E-state index in [0.717, 1.165) is 25.7 Å². The maximum absolute atomic E-state index is 6.82. The van der Waals surface area contributed by atoms with Crippen LogP contribution in [-0.2, 0) is 25.8 Å². The van der Waals surface area contributed by atoms with Crippen LogP contribution in [0, 0.1) is 5.92 Å². The summed E-state index contributed by atoms with van der Waals surface area (Å²) in [6.45, 7) is 10.9. The third-order valence-corrected chi connectivity index (χ3v) is 8.43. The fourth-order valence-corrected chi connectivity index (χ4v) is 6.02. The molecule has 2 aromatic carbocycles. The molecule has 0 amide bonds. The van der Waals surface area contributed by atoms with Crippen molar-refractivity contribution in [3.63, 3.8) is 0 Å². The van der Waals surface area contributed by atoms with Gasteiger partial charge in [-0.3, -0.25) is 0 Å². The molecule has 0 bridgehead atoms. The van der Waals surface area contributed by atoms with Crippen molar-refractivity contribution in [2.75, 3.05) is 0 Å². The number of benzene rings is 2. The molecule has 3 nitrogen and oxygen atoms in total. The average Bonchev–Trinajstić information content (AvgIpc) is 3.00. The predicted octanol–water partition coefficient (Wildman–Crippen LogP) is 6.06. The van der Waals surface area contributed by atoms with E-state index in [9.17, 15) is 0 Å². The Hall–Kier alpha value is -1.62. The topological polar surface area (TPSA) is 27.7 Å². The molecule has 5 rings (SSSR count). The molecule has 4 heteroatoms. The molecule has 0 aromatic heterocycles. The van der Waals surface area contributed by atoms with Crippen molar-refractivity contribution in [1.29, 1.82) is 0 Å². The Labute approximate surface area is 187 Å². The van der Waals surface area contributed by atoms with E-state index < -0.39 is 0 Å². The zero-order valence-electron chi connectivity index (χ0n) is 19.6. The van der Waals surface area contributed by atoms with Gasteiger partial charge < -0.3 is 14.0 Å². The van der Waals surface area contributed by atoms with Crippen LogP contribution in [0.15, 0.2) is 54.6 Å². The molecule has 2 aliphatic heterocycles. The highest BCUT2D eigenvalue weighted by Gasteiger charge is 2.66. The first kappa shape index (κ1) is 21.2. The largest absolute Gasteiger partial charge is 0.469 e. The highest BCUT2D eigenvalue weighted by atomic mass is 16.7. The third kappa shape index (κ3) is 3.22. The van der Waals surface area contributed by atoms with Crippen LogP contribution in [0.2, 0.25) is 0 Å². The molecule has 1 aliphatic carbocycles. The van der Waals surface area contributed by atoms with Gasteiger partial charge in [-0.1, -0.05) is 61.5 Å². The number of ether oxygens (including phenoxy) is 1. The molecule has 164 valence electrons. The molecule has 3 aliphatic rings. The molecule has 0 spiro atoms. The van der Waals surface area contributed by atoms with Gasteiger partial charge in [-0.05, 0) is 76.0 Å². The molecule has 0 unspecified atom stereocenters. The lowest BCUT2D eigenvalue weighted by Gasteiger charge is -2.54. The fourth-order valence-electron chi connectivity index (χ4n) is 6.02. The van der Waals surface area contributed by atoms with Crippen LogP contribution in [0.5, 0.6) is 0 Å². The molecule has 0 N–H and O–H groups in total. The van der Waals surface area contributed by atoms with Gasteiger partial charge in [0.05, 0.1) is 23.4 Å². The van der Waals surface area contributed by atoms with Crippen molar-refractivity contribution in [3.05, 3.63) is 71.3 Å². The van der Waals surface area contributed by atoms with Crippen molar-refractivity contribution < 1.29 is 14.0 Å². The molecule has 2 aromatic rings. The summed E-state index contributed by atoms with van der Waals surface area (Å²) in [6, 6.07) is 19.8.